The highest BCUT2D eigenvalue weighted by atomic mass is 16.5. The summed E-state index contributed by atoms with van der Waals surface area (Å²) < 4.78 is 13.2. The predicted octanol–water partition coefficient (Wildman–Crippen LogP) is 4.19. The maximum atomic E-state index is 13.0. The van der Waals surface area contributed by atoms with Gasteiger partial charge < -0.3 is 23.7 Å². The van der Waals surface area contributed by atoms with Crippen LogP contribution in [-0.4, -0.2) is 53.5 Å². The van der Waals surface area contributed by atoms with Crippen molar-refractivity contribution in [2.75, 3.05) is 38.2 Å². The van der Waals surface area contributed by atoms with Crippen LogP contribution >= 0.6 is 0 Å². The van der Waals surface area contributed by atoms with Gasteiger partial charge in [-0.1, -0.05) is 12.1 Å². The van der Waals surface area contributed by atoms with Crippen molar-refractivity contribution >= 4 is 17.2 Å². The number of carbonyl (C=O) groups is 1. The number of piperazine rings is 1. The van der Waals surface area contributed by atoms with Crippen LogP contribution in [0.15, 0.2) is 73.1 Å². The van der Waals surface area contributed by atoms with Crippen LogP contribution in [0.3, 0.4) is 0 Å². The Balaban J connectivity index is 1.16. The van der Waals surface area contributed by atoms with Crippen molar-refractivity contribution < 1.29 is 14.3 Å². The highest BCUT2D eigenvalue weighted by Crippen LogP contribution is 2.23. The molecular formula is C27H28N4O3. The first kappa shape index (κ1) is 21.8. The molecule has 2 aromatic carbocycles. The predicted molar refractivity (Wildman–Crippen MR) is 132 cm³/mol. The Kier molecular flexibility index (Phi) is 6.08. The second kappa shape index (κ2) is 9.47. The molecule has 1 saturated heterocycles. The highest BCUT2D eigenvalue weighted by Gasteiger charge is 2.22. The number of amides is 1. The van der Waals surface area contributed by atoms with E-state index in [2.05, 4.69) is 16.0 Å². The van der Waals surface area contributed by atoms with Gasteiger partial charge in [0.15, 0.2) is 0 Å². The minimum absolute atomic E-state index is 0.0488. The standard InChI is InChI=1S/C27H28N4O3/c1-20-5-4-12-31-18-22(28-26(20)31)19-34-24-10-8-21(9-11-24)27(32)30-15-13-29(14-16-30)23-6-3-7-25(17-23)33-2/h3-12,17-18H,13-16,19H2,1-2H3. The number of nitrogens with zero attached hydrogens (tertiary/aromatic N) is 4. The number of ether oxygens (including phenoxy) is 2. The molecule has 1 fully saturated rings. The van der Waals surface area contributed by atoms with Crippen LogP contribution in [0, 0.1) is 6.92 Å². The van der Waals surface area contributed by atoms with Crippen LogP contribution in [0.1, 0.15) is 21.6 Å². The van der Waals surface area contributed by atoms with E-state index in [1.807, 2.05) is 83.2 Å². The van der Waals surface area contributed by atoms with Crippen molar-refractivity contribution in [1.29, 1.82) is 0 Å². The molecule has 0 bridgehead atoms. The lowest BCUT2D eigenvalue weighted by Crippen LogP contribution is -2.48. The largest absolute Gasteiger partial charge is 0.497 e. The molecule has 7 heteroatoms. The number of aryl methyl sites for hydroxylation is 1. The zero-order chi connectivity index (χ0) is 23.5. The lowest BCUT2D eigenvalue weighted by molar-refractivity contribution is 0.0746. The molecule has 4 aromatic rings. The van der Waals surface area contributed by atoms with Gasteiger partial charge in [-0.3, -0.25) is 4.79 Å². The van der Waals surface area contributed by atoms with Crippen LogP contribution in [-0.2, 0) is 6.61 Å². The van der Waals surface area contributed by atoms with E-state index < -0.39 is 0 Å². The summed E-state index contributed by atoms with van der Waals surface area (Å²) in [7, 11) is 1.67. The van der Waals surface area contributed by atoms with Crippen molar-refractivity contribution in [3.05, 3.63) is 89.9 Å². The lowest BCUT2D eigenvalue weighted by atomic mass is 10.1. The molecule has 0 spiro atoms. The Labute approximate surface area is 199 Å². The molecule has 1 amide bonds. The number of hydrogen-bond donors (Lipinski definition) is 0. The van der Waals surface area contributed by atoms with Crippen LogP contribution in [0.5, 0.6) is 11.5 Å². The van der Waals surface area contributed by atoms with E-state index in [0.29, 0.717) is 31.0 Å². The Morgan fingerprint density at radius 2 is 1.76 bits per heavy atom. The van der Waals surface area contributed by atoms with E-state index in [1.54, 1.807) is 7.11 Å². The SMILES string of the molecule is COc1cccc(N2CCN(C(=O)c3ccc(OCc4cn5cccc(C)c5n4)cc3)CC2)c1. The van der Waals surface area contributed by atoms with E-state index in [0.717, 1.165) is 41.4 Å². The van der Waals surface area contributed by atoms with Crippen LogP contribution in [0.2, 0.25) is 0 Å². The fraction of sp³-hybridized carbons (Fsp3) is 0.259. The van der Waals surface area contributed by atoms with Crippen molar-refractivity contribution in [2.45, 2.75) is 13.5 Å². The average Bonchev–Trinajstić information content (AvgIpc) is 3.32. The van der Waals surface area contributed by atoms with Gasteiger partial charge in [-0.05, 0) is 55.0 Å². The number of hydrogen-bond acceptors (Lipinski definition) is 5. The first-order valence-electron chi connectivity index (χ1n) is 11.4. The monoisotopic (exact) mass is 456 g/mol. The van der Waals surface area contributed by atoms with Crippen molar-refractivity contribution in [3.63, 3.8) is 0 Å². The van der Waals surface area contributed by atoms with Crippen LogP contribution < -0.4 is 14.4 Å². The molecule has 0 aliphatic carbocycles. The van der Waals surface area contributed by atoms with Crippen LogP contribution in [0.4, 0.5) is 5.69 Å². The average molecular weight is 457 g/mol. The maximum Gasteiger partial charge on any atom is 0.253 e. The molecule has 1 aliphatic rings. The molecular weight excluding hydrogens is 428 g/mol. The molecule has 174 valence electrons. The van der Waals surface area contributed by atoms with Gasteiger partial charge in [-0.15, -0.1) is 0 Å². The summed E-state index contributed by atoms with van der Waals surface area (Å²) in [5.74, 6) is 1.61. The number of fused-ring (bicyclic) bond motifs is 1. The summed E-state index contributed by atoms with van der Waals surface area (Å²) in [6.07, 6.45) is 3.96. The number of pyridine rings is 1. The van der Waals surface area contributed by atoms with Gasteiger partial charge in [0, 0.05) is 55.9 Å². The molecule has 5 rings (SSSR count). The third-order valence-electron chi connectivity index (χ3n) is 6.20. The molecule has 34 heavy (non-hydrogen) atoms. The Bertz CT molecular complexity index is 1290. The number of imidazole rings is 1. The first-order valence-corrected chi connectivity index (χ1v) is 11.4. The van der Waals surface area contributed by atoms with Gasteiger partial charge in [0.05, 0.1) is 12.8 Å². The summed E-state index contributed by atoms with van der Waals surface area (Å²) >= 11 is 0. The summed E-state index contributed by atoms with van der Waals surface area (Å²) in [5.41, 5.74) is 4.72. The minimum Gasteiger partial charge on any atom is -0.497 e. The summed E-state index contributed by atoms with van der Waals surface area (Å²) in [6.45, 7) is 5.36. The number of carbonyl (C=O) groups excluding carboxylic acids is 1. The maximum absolute atomic E-state index is 13.0. The molecule has 7 nitrogen and oxygen atoms in total. The van der Waals surface area contributed by atoms with Crippen molar-refractivity contribution in [3.8, 4) is 11.5 Å². The third-order valence-corrected chi connectivity index (χ3v) is 6.20. The Morgan fingerprint density at radius 1 is 0.971 bits per heavy atom. The van der Waals surface area contributed by atoms with Gasteiger partial charge in [0.25, 0.3) is 5.91 Å². The zero-order valence-electron chi connectivity index (χ0n) is 19.5. The number of rotatable bonds is 6. The van der Waals surface area contributed by atoms with E-state index in [1.165, 1.54) is 0 Å². The number of aromatic nitrogens is 2. The van der Waals surface area contributed by atoms with Crippen molar-refractivity contribution in [2.24, 2.45) is 0 Å². The molecule has 0 unspecified atom stereocenters. The quantitative estimate of drug-likeness (QED) is 0.435. The molecule has 0 radical (unpaired) electrons. The Morgan fingerprint density at radius 3 is 2.50 bits per heavy atom. The smallest absolute Gasteiger partial charge is 0.253 e. The fourth-order valence-electron chi connectivity index (χ4n) is 4.28. The fourth-order valence-corrected chi connectivity index (χ4v) is 4.28. The summed E-state index contributed by atoms with van der Waals surface area (Å²) in [5, 5.41) is 0. The number of benzene rings is 2. The van der Waals surface area contributed by atoms with E-state index in [4.69, 9.17) is 9.47 Å². The number of anilines is 1. The highest BCUT2D eigenvalue weighted by molar-refractivity contribution is 5.94. The Hall–Kier alpha value is -4.00. The van der Waals surface area contributed by atoms with Gasteiger partial charge in [-0.2, -0.15) is 0 Å². The summed E-state index contributed by atoms with van der Waals surface area (Å²) in [6, 6.07) is 19.4. The van der Waals surface area contributed by atoms with E-state index in [-0.39, 0.29) is 5.91 Å². The van der Waals surface area contributed by atoms with Gasteiger partial charge in [0.2, 0.25) is 0 Å². The molecule has 0 N–H and O–H groups in total. The summed E-state index contributed by atoms with van der Waals surface area (Å²) in [4.78, 5) is 21.8. The second-order valence-electron chi connectivity index (χ2n) is 8.45. The molecule has 2 aromatic heterocycles. The molecule has 1 aliphatic heterocycles. The zero-order valence-corrected chi connectivity index (χ0v) is 19.5. The van der Waals surface area contributed by atoms with Crippen molar-refractivity contribution in [1.82, 2.24) is 14.3 Å². The van der Waals surface area contributed by atoms with E-state index in [9.17, 15) is 4.79 Å². The topological polar surface area (TPSA) is 59.3 Å². The van der Waals surface area contributed by atoms with Crippen LogP contribution in [0.25, 0.3) is 5.65 Å². The normalized spacial score (nSPS) is 13.8. The van der Waals surface area contributed by atoms with Gasteiger partial charge in [0.1, 0.15) is 23.8 Å². The molecule has 3 heterocycles. The molecule has 0 atom stereocenters. The number of methoxy groups -OCH3 is 1. The van der Waals surface area contributed by atoms with E-state index >= 15 is 0 Å². The van der Waals surface area contributed by atoms with Gasteiger partial charge in [-0.25, -0.2) is 4.98 Å². The first-order chi connectivity index (χ1) is 16.6. The third kappa shape index (κ3) is 4.55. The van der Waals surface area contributed by atoms with Gasteiger partial charge >= 0.3 is 0 Å². The lowest BCUT2D eigenvalue weighted by Gasteiger charge is -2.36. The minimum atomic E-state index is 0.0488. The second-order valence-corrected chi connectivity index (χ2v) is 8.45. The molecule has 0 saturated carbocycles.